The van der Waals surface area contributed by atoms with Gasteiger partial charge in [0, 0.05) is 36.5 Å². The predicted octanol–water partition coefficient (Wildman–Crippen LogP) is 4.33. The lowest BCUT2D eigenvalue weighted by Crippen LogP contribution is -2.60. The van der Waals surface area contributed by atoms with Gasteiger partial charge in [-0.3, -0.25) is 4.79 Å². The van der Waals surface area contributed by atoms with Crippen LogP contribution in [0.2, 0.25) is 0 Å². The molecule has 4 atom stereocenters. The molecule has 178 valence electrons. The fourth-order valence-corrected chi connectivity index (χ4v) is 6.26. The quantitative estimate of drug-likeness (QED) is 0.632. The van der Waals surface area contributed by atoms with E-state index in [2.05, 4.69) is 30.1 Å². The second-order valence-corrected chi connectivity index (χ2v) is 10.1. The lowest BCUT2D eigenvalue weighted by molar-refractivity contribution is -0.0566. The highest BCUT2D eigenvalue weighted by molar-refractivity contribution is 5.98. The van der Waals surface area contributed by atoms with Crippen molar-refractivity contribution in [3.8, 4) is 5.75 Å². The SMILES string of the molecule is COc1cccc([C@@]23CCN(C)C[C@H]2C(O)C[C@H](N(C)C(=O)c2ccc4ccccc4c2)C3)c1. The molecule has 1 aliphatic carbocycles. The van der Waals surface area contributed by atoms with E-state index in [-0.39, 0.29) is 23.3 Å². The first-order valence-electron chi connectivity index (χ1n) is 12.2. The van der Waals surface area contributed by atoms with Crippen molar-refractivity contribution in [3.63, 3.8) is 0 Å². The van der Waals surface area contributed by atoms with Crippen LogP contribution in [-0.4, -0.2) is 67.3 Å². The average molecular weight is 459 g/mol. The molecular weight excluding hydrogens is 424 g/mol. The zero-order valence-electron chi connectivity index (χ0n) is 20.3. The number of ether oxygens (including phenoxy) is 1. The Labute approximate surface area is 201 Å². The van der Waals surface area contributed by atoms with Gasteiger partial charge in [-0.1, -0.05) is 42.5 Å². The molecule has 1 N–H and O–H groups in total. The topological polar surface area (TPSA) is 53.0 Å². The monoisotopic (exact) mass is 458 g/mol. The van der Waals surface area contributed by atoms with E-state index in [1.165, 1.54) is 5.56 Å². The largest absolute Gasteiger partial charge is 0.497 e. The number of carbonyl (C=O) groups excluding carboxylic acids is 1. The maximum Gasteiger partial charge on any atom is 0.253 e. The van der Waals surface area contributed by atoms with E-state index in [9.17, 15) is 9.90 Å². The lowest BCUT2D eigenvalue weighted by Gasteiger charge is -2.55. The Morgan fingerprint density at radius 3 is 2.68 bits per heavy atom. The van der Waals surface area contributed by atoms with Gasteiger partial charge in [0.15, 0.2) is 0 Å². The van der Waals surface area contributed by atoms with Crippen LogP contribution in [0.4, 0.5) is 0 Å². The standard InChI is InChI=1S/C29H34N2O3/c1-30-14-13-29(23-9-6-10-25(16-23)34-3)18-24(17-27(32)26(29)19-30)31(2)28(33)22-12-11-20-7-4-5-8-21(20)15-22/h4-12,15-16,24,26-27,32H,13-14,17-19H2,1-3H3/t24-,26-,27?,29-/m0/s1. The van der Waals surface area contributed by atoms with Gasteiger partial charge in [0.1, 0.15) is 5.75 Å². The Morgan fingerprint density at radius 2 is 1.88 bits per heavy atom. The zero-order chi connectivity index (χ0) is 23.9. The molecule has 3 aromatic carbocycles. The number of benzene rings is 3. The molecule has 2 aliphatic rings. The van der Waals surface area contributed by atoms with Crippen LogP contribution in [0.15, 0.2) is 66.7 Å². The molecule has 0 aromatic heterocycles. The van der Waals surface area contributed by atoms with Crippen LogP contribution in [0.25, 0.3) is 10.8 Å². The van der Waals surface area contributed by atoms with E-state index in [0.717, 1.165) is 42.5 Å². The van der Waals surface area contributed by atoms with E-state index >= 15 is 0 Å². The molecule has 1 saturated carbocycles. The summed E-state index contributed by atoms with van der Waals surface area (Å²) in [6.45, 7) is 1.82. The van der Waals surface area contributed by atoms with E-state index in [1.807, 2.05) is 60.5 Å². The third kappa shape index (κ3) is 3.97. The smallest absolute Gasteiger partial charge is 0.253 e. The van der Waals surface area contributed by atoms with E-state index in [0.29, 0.717) is 12.0 Å². The fourth-order valence-electron chi connectivity index (χ4n) is 6.26. The van der Waals surface area contributed by atoms with Crippen LogP contribution in [0.3, 0.4) is 0 Å². The molecular formula is C29H34N2O3. The maximum absolute atomic E-state index is 13.6. The normalized spacial score (nSPS) is 27.2. The van der Waals surface area contributed by atoms with Crippen molar-refractivity contribution in [2.45, 2.75) is 36.8 Å². The van der Waals surface area contributed by atoms with Crippen molar-refractivity contribution in [2.75, 3.05) is 34.3 Å². The van der Waals surface area contributed by atoms with Crippen molar-refractivity contribution >= 4 is 16.7 Å². The maximum atomic E-state index is 13.6. The van der Waals surface area contributed by atoms with Crippen molar-refractivity contribution in [3.05, 3.63) is 77.9 Å². The summed E-state index contributed by atoms with van der Waals surface area (Å²) in [5, 5.41) is 13.6. The van der Waals surface area contributed by atoms with E-state index in [4.69, 9.17) is 4.74 Å². The van der Waals surface area contributed by atoms with Gasteiger partial charge < -0.3 is 19.6 Å². The summed E-state index contributed by atoms with van der Waals surface area (Å²) in [6.07, 6.45) is 1.91. The number of methoxy groups -OCH3 is 1. The summed E-state index contributed by atoms with van der Waals surface area (Å²) in [7, 11) is 5.71. The highest BCUT2D eigenvalue weighted by atomic mass is 16.5. The Hall–Kier alpha value is -2.89. The molecule has 1 aliphatic heterocycles. The Bertz CT molecular complexity index is 1190. The lowest BCUT2D eigenvalue weighted by atomic mass is 9.57. The molecule has 1 amide bonds. The molecule has 5 nitrogen and oxygen atoms in total. The number of aliphatic hydroxyl groups is 1. The molecule has 34 heavy (non-hydrogen) atoms. The van der Waals surface area contributed by atoms with Crippen LogP contribution >= 0.6 is 0 Å². The van der Waals surface area contributed by atoms with Gasteiger partial charge in [-0.25, -0.2) is 0 Å². The van der Waals surface area contributed by atoms with Gasteiger partial charge in [0.05, 0.1) is 13.2 Å². The minimum Gasteiger partial charge on any atom is -0.497 e. The number of nitrogens with zero attached hydrogens (tertiary/aromatic N) is 2. The third-order valence-electron chi connectivity index (χ3n) is 8.24. The van der Waals surface area contributed by atoms with E-state index < -0.39 is 6.10 Å². The Morgan fingerprint density at radius 1 is 1.09 bits per heavy atom. The number of rotatable bonds is 4. The molecule has 0 spiro atoms. The highest BCUT2D eigenvalue weighted by Crippen LogP contribution is 2.50. The summed E-state index contributed by atoms with van der Waals surface area (Å²) < 4.78 is 5.54. The molecule has 1 unspecified atom stereocenters. The number of amides is 1. The van der Waals surface area contributed by atoms with Crippen LogP contribution in [0.1, 0.15) is 35.2 Å². The van der Waals surface area contributed by atoms with Crippen molar-refractivity contribution in [1.29, 1.82) is 0 Å². The molecule has 0 bridgehead atoms. The number of hydrogen-bond donors (Lipinski definition) is 1. The second-order valence-electron chi connectivity index (χ2n) is 10.1. The third-order valence-corrected chi connectivity index (χ3v) is 8.24. The molecule has 0 radical (unpaired) electrons. The molecule has 2 fully saturated rings. The zero-order valence-corrected chi connectivity index (χ0v) is 20.3. The minimum absolute atomic E-state index is 0.00937. The first-order valence-corrected chi connectivity index (χ1v) is 12.2. The molecule has 1 heterocycles. The van der Waals surface area contributed by atoms with Crippen LogP contribution in [0.5, 0.6) is 5.75 Å². The van der Waals surface area contributed by atoms with Crippen LogP contribution in [-0.2, 0) is 5.41 Å². The van der Waals surface area contributed by atoms with Gasteiger partial charge in [0.25, 0.3) is 5.91 Å². The van der Waals surface area contributed by atoms with Gasteiger partial charge in [-0.05, 0) is 73.5 Å². The van der Waals surface area contributed by atoms with Gasteiger partial charge >= 0.3 is 0 Å². The summed E-state index contributed by atoms with van der Waals surface area (Å²) in [4.78, 5) is 17.7. The Balaban J connectivity index is 1.48. The molecule has 5 rings (SSSR count). The van der Waals surface area contributed by atoms with Gasteiger partial charge in [-0.2, -0.15) is 0 Å². The summed E-state index contributed by atoms with van der Waals surface area (Å²) in [5.74, 6) is 0.968. The van der Waals surface area contributed by atoms with Crippen LogP contribution in [0, 0.1) is 5.92 Å². The Kier molecular flexibility index (Phi) is 6.09. The summed E-state index contributed by atoms with van der Waals surface area (Å²) in [5.41, 5.74) is 1.71. The minimum atomic E-state index is -0.473. The highest BCUT2D eigenvalue weighted by Gasteiger charge is 2.52. The second kappa shape index (κ2) is 9.05. The number of aliphatic hydroxyl groups excluding tert-OH is 1. The molecule has 3 aromatic rings. The number of fused-ring (bicyclic) bond motifs is 2. The fraction of sp³-hybridized carbons (Fsp3) is 0.414. The first-order chi connectivity index (χ1) is 16.4. The number of hydrogen-bond acceptors (Lipinski definition) is 4. The number of carbonyl (C=O) groups is 1. The molecule has 1 saturated heterocycles. The number of piperidine rings is 1. The van der Waals surface area contributed by atoms with Crippen LogP contribution < -0.4 is 4.74 Å². The predicted molar refractivity (Wildman–Crippen MR) is 135 cm³/mol. The summed E-state index contributed by atoms with van der Waals surface area (Å²) in [6, 6.07) is 22.3. The van der Waals surface area contributed by atoms with E-state index in [1.54, 1.807) is 7.11 Å². The molecule has 5 heteroatoms. The average Bonchev–Trinajstić information content (AvgIpc) is 2.88. The first kappa shape index (κ1) is 22.9. The van der Waals surface area contributed by atoms with Crippen molar-refractivity contribution < 1.29 is 14.6 Å². The number of likely N-dealkylation sites (tertiary alicyclic amines) is 1. The van der Waals surface area contributed by atoms with Gasteiger partial charge in [-0.15, -0.1) is 0 Å². The van der Waals surface area contributed by atoms with Crippen molar-refractivity contribution in [1.82, 2.24) is 9.80 Å². The van der Waals surface area contributed by atoms with Gasteiger partial charge in [0.2, 0.25) is 0 Å². The summed E-state index contributed by atoms with van der Waals surface area (Å²) >= 11 is 0. The van der Waals surface area contributed by atoms with Crippen molar-refractivity contribution in [2.24, 2.45) is 5.92 Å².